The summed E-state index contributed by atoms with van der Waals surface area (Å²) in [5, 5.41) is 15.3. The molecule has 0 radical (unpaired) electrons. The van der Waals surface area contributed by atoms with Crippen molar-refractivity contribution in [2.75, 3.05) is 44.2 Å². The number of nitrogens with zero attached hydrogens (tertiary/aromatic N) is 4. The number of hydrogen-bond donors (Lipinski definition) is 1. The average molecular weight is 474 g/mol. The Bertz CT molecular complexity index is 1170. The SMILES string of the molecule is Cc1cc(C)c2nc(N3CCN(CCNC(=O)c4cc(Cl)ccc4[N+](=O)[O-])CC3)sc2c1. The number of thiazole rings is 1. The lowest BCUT2D eigenvalue weighted by molar-refractivity contribution is -0.385. The van der Waals surface area contributed by atoms with Gasteiger partial charge in [0.2, 0.25) is 0 Å². The van der Waals surface area contributed by atoms with E-state index in [0.29, 0.717) is 13.1 Å². The van der Waals surface area contributed by atoms with Crippen LogP contribution in [0.3, 0.4) is 0 Å². The summed E-state index contributed by atoms with van der Waals surface area (Å²) in [5.74, 6) is -0.488. The highest BCUT2D eigenvalue weighted by Gasteiger charge is 2.22. The first-order valence-corrected chi connectivity index (χ1v) is 11.6. The summed E-state index contributed by atoms with van der Waals surface area (Å²) in [4.78, 5) is 32.5. The van der Waals surface area contributed by atoms with Gasteiger partial charge in [0.05, 0.1) is 15.1 Å². The monoisotopic (exact) mass is 473 g/mol. The van der Waals surface area contributed by atoms with Gasteiger partial charge >= 0.3 is 0 Å². The molecule has 1 aliphatic rings. The Hall–Kier alpha value is -2.75. The molecule has 0 saturated carbocycles. The molecule has 0 atom stereocenters. The predicted octanol–water partition coefficient (Wildman–Crippen LogP) is 4.03. The molecule has 1 saturated heterocycles. The highest BCUT2D eigenvalue weighted by atomic mass is 35.5. The van der Waals surface area contributed by atoms with Crippen molar-refractivity contribution in [1.82, 2.24) is 15.2 Å². The Balaban J connectivity index is 1.30. The molecule has 0 bridgehead atoms. The normalized spacial score (nSPS) is 14.7. The summed E-state index contributed by atoms with van der Waals surface area (Å²) in [6.07, 6.45) is 0. The van der Waals surface area contributed by atoms with Crippen LogP contribution in [0.2, 0.25) is 5.02 Å². The number of halogens is 1. The zero-order chi connectivity index (χ0) is 22.8. The topological polar surface area (TPSA) is 91.6 Å². The molecule has 8 nitrogen and oxygen atoms in total. The van der Waals surface area contributed by atoms with Gasteiger partial charge in [0.15, 0.2) is 5.13 Å². The van der Waals surface area contributed by atoms with Gasteiger partial charge in [0.1, 0.15) is 5.56 Å². The van der Waals surface area contributed by atoms with Gasteiger partial charge < -0.3 is 10.2 Å². The van der Waals surface area contributed by atoms with Crippen LogP contribution in [0.15, 0.2) is 30.3 Å². The van der Waals surface area contributed by atoms with Crippen LogP contribution in [0.5, 0.6) is 0 Å². The molecule has 1 fully saturated rings. The number of nitro groups is 1. The molecule has 0 unspecified atom stereocenters. The number of nitrogens with one attached hydrogen (secondary N) is 1. The molecule has 0 spiro atoms. The third-order valence-electron chi connectivity index (χ3n) is 5.57. The number of fused-ring (bicyclic) bond motifs is 1. The maximum Gasteiger partial charge on any atom is 0.282 e. The predicted molar refractivity (Wildman–Crippen MR) is 128 cm³/mol. The second kappa shape index (κ2) is 9.40. The molecular formula is C22H24ClN5O3S. The smallest absolute Gasteiger partial charge is 0.282 e. The van der Waals surface area contributed by atoms with Gasteiger partial charge in [-0.1, -0.05) is 29.0 Å². The van der Waals surface area contributed by atoms with Crippen LogP contribution in [0, 0.1) is 24.0 Å². The van der Waals surface area contributed by atoms with Crippen molar-refractivity contribution in [3.8, 4) is 0 Å². The van der Waals surface area contributed by atoms with Crippen molar-refractivity contribution in [3.05, 3.63) is 62.2 Å². The molecule has 2 heterocycles. The van der Waals surface area contributed by atoms with Gasteiger partial charge in [0.25, 0.3) is 11.6 Å². The fourth-order valence-electron chi connectivity index (χ4n) is 3.93. The molecule has 0 aliphatic carbocycles. The van der Waals surface area contributed by atoms with E-state index >= 15 is 0 Å². The lowest BCUT2D eigenvalue weighted by Crippen LogP contribution is -2.48. The number of hydrogen-bond acceptors (Lipinski definition) is 7. The summed E-state index contributed by atoms with van der Waals surface area (Å²) in [6.45, 7) is 8.74. The van der Waals surface area contributed by atoms with Gasteiger partial charge in [-0.3, -0.25) is 19.8 Å². The molecule has 2 aromatic carbocycles. The van der Waals surface area contributed by atoms with E-state index in [0.717, 1.165) is 36.8 Å². The summed E-state index contributed by atoms with van der Waals surface area (Å²) < 4.78 is 1.22. The van der Waals surface area contributed by atoms with E-state index in [1.54, 1.807) is 11.3 Å². The van der Waals surface area contributed by atoms with E-state index in [9.17, 15) is 14.9 Å². The first-order valence-electron chi connectivity index (χ1n) is 10.4. The van der Waals surface area contributed by atoms with Crippen LogP contribution < -0.4 is 10.2 Å². The van der Waals surface area contributed by atoms with Crippen LogP contribution in [0.25, 0.3) is 10.2 Å². The molecule has 10 heteroatoms. The number of nitro benzene ring substituents is 1. The number of benzene rings is 2. The molecule has 3 aromatic rings. The van der Waals surface area contributed by atoms with Gasteiger partial charge in [-0.25, -0.2) is 4.98 Å². The van der Waals surface area contributed by atoms with Crippen molar-refractivity contribution >= 4 is 49.9 Å². The van der Waals surface area contributed by atoms with Gasteiger partial charge in [-0.2, -0.15) is 0 Å². The maximum atomic E-state index is 12.4. The Morgan fingerprint density at radius 1 is 1.22 bits per heavy atom. The zero-order valence-electron chi connectivity index (χ0n) is 17.9. The molecule has 4 rings (SSSR count). The third kappa shape index (κ3) is 4.85. The van der Waals surface area contributed by atoms with Gasteiger partial charge in [-0.15, -0.1) is 0 Å². The van der Waals surface area contributed by atoms with E-state index in [1.165, 1.54) is 34.0 Å². The second-order valence-corrected chi connectivity index (χ2v) is 9.37. The van der Waals surface area contributed by atoms with Gasteiger partial charge in [0, 0.05) is 50.4 Å². The number of carbonyl (C=O) groups is 1. The Labute approximate surface area is 194 Å². The average Bonchev–Trinajstić information content (AvgIpc) is 3.18. The summed E-state index contributed by atoms with van der Waals surface area (Å²) in [6, 6.07) is 8.34. The van der Waals surface area contributed by atoms with Crippen molar-refractivity contribution in [2.24, 2.45) is 0 Å². The number of aryl methyl sites for hydroxylation is 2. The Morgan fingerprint density at radius 2 is 1.97 bits per heavy atom. The highest BCUT2D eigenvalue weighted by Crippen LogP contribution is 2.32. The van der Waals surface area contributed by atoms with Gasteiger partial charge in [-0.05, 0) is 43.2 Å². The molecule has 1 aromatic heterocycles. The molecule has 1 aliphatic heterocycles. The number of anilines is 1. The first kappa shape index (κ1) is 22.4. The van der Waals surface area contributed by atoms with E-state index in [-0.39, 0.29) is 16.3 Å². The van der Waals surface area contributed by atoms with E-state index in [1.807, 2.05) is 0 Å². The van der Waals surface area contributed by atoms with Crippen molar-refractivity contribution in [3.63, 3.8) is 0 Å². The summed E-state index contributed by atoms with van der Waals surface area (Å²) in [7, 11) is 0. The number of aromatic nitrogens is 1. The number of rotatable bonds is 6. The Kier molecular flexibility index (Phi) is 6.59. The minimum atomic E-state index is -0.574. The molecule has 1 amide bonds. The second-order valence-electron chi connectivity index (χ2n) is 7.93. The lowest BCUT2D eigenvalue weighted by atomic mass is 10.1. The number of amides is 1. The largest absolute Gasteiger partial charge is 0.351 e. The first-order chi connectivity index (χ1) is 15.3. The quantitative estimate of drug-likeness (QED) is 0.429. The number of carbonyl (C=O) groups excluding carboxylic acids is 1. The highest BCUT2D eigenvalue weighted by molar-refractivity contribution is 7.22. The van der Waals surface area contributed by atoms with E-state index in [4.69, 9.17) is 16.6 Å². The molecule has 32 heavy (non-hydrogen) atoms. The number of piperazine rings is 1. The van der Waals surface area contributed by atoms with E-state index in [2.05, 4.69) is 41.1 Å². The minimum Gasteiger partial charge on any atom is -0.351 e. The summed E-state index contributed by atoms with van der Waals surface area (Å²) in [5.41, 5.74) is 3.27. The molecule has 168 valence electrons. The standard InChI is InChI=1S/C22H24ClN5O3S/c1-14-11-15(2)20-19(12-14)32-22(25-20)27-9-7-26(8-10-27)6-5-24-21(29)17-13-16(23)3-4-18(17)28(30)31/h3-4,11-13H,5-10H2,1-2H3,(H,24,29). The lowest BCUT2D eigenvalue weighted by Gasteiger charge is -2.34. The van der Waals surface area contributed by atoms with Crippen LogP contribution in [-0.2, 0) is 0 Å². The van der Waals surface area contributed by atoms with Crippen LogP contribution in [0.4, 0.5) is 10.8 Å². The maximum absolute atomic E-state index is 12.4. The van der Waals surface area contributed by atoms with Crippen molar-refractivity contribution in [1.29, 1.82) is 0 Å². The molecular weight excluding hydrogens is 450 g/mol. The third-order valence-corrected chi connectivity index (χ3v) is 6.87. The van der Waals surface area contributed by atoms with E-state index < -0.39 is 10.8 Å². The van der Waals surface area contributed by atoms with Crippen LogP contribution in [0.1, 0.15) is 21.5 Å². The van der Waals surface area contributed by atoms with Crippen LogP contribution >= 0.6 is 22.9 Å². The Morgan fingerprint density at radius 3 is 2.69 bits per heavy atom. The van der Waals surface area contributed by atoms with Crippen molar-refractivity contribution in [2.45, 2.75) is 13.8 Å². The van der Waals surface area contributed by atoms with Crippen LogP contribution in [-0.4, -0.2) is 60.0 Å². The van der Waals surface area contributed by atoms with Crippen molar-refractivity contribution < 1.29 is 9.72 Å². The molecule has 1 N–H and O–H groups in total. The summed E-state index contributed by atoms with van der Waals surface area (Å²) >= 11 is 7.64. The zero-order valence-corrected chi connectivity index (χ0v) is 19.5. The fourth-order valence-corrected chi connectivity index (χ4v) is 5.29. The fraction of sp³-hybridized carbons (Fsp3) is 0.364. The minimum absolute atomic E-state index is 0.0197.